The van der Waals surface area contributed by atoms with Gasteiger partial charge >= 0.3 is 0 Å². The van der Waals surface area contributed by atoms with Gasteiger partial charge in [-0.2, -0.15) is 0 Å². The summed E-state index contributed by atoms with van der Waals surface area (Å²) in [5.74, 6) is 0.111. The summed E-state index contributed by atoms with van der Waals surface area (Å²) in [7, 11) is 8.33. The van der Waals surface area contributed by atoms with Crippen LogP contribution in [0.5, 0.6) is 0 Å². The molecule has 2 N–H and O–H groups in total. The van der Waals surface area contributed by atoms with Crippen molar-refractivity contribution in [1.29, 1.82) is 0 Å². The number of nitrogens with zero attached hydrogens (tertiary/aromatic N) is 1. The second kappa shape index (κ2) is 9.23. The molecule has 1 atom stereocenters. The Morgan fingerprint density at radius 2 is 1.68 bits per heavy atom. The molecule has 25 heavy (non-hydrogen) atoms. The summed E-state index contributed by atoms with van der Waals surface area (Å²) in [6, 6.07) is 19.0. The zero-order valence-electron chi connectivity index (χ0n) is 15.8. The lowest BCUT2D eigenvalue weighted by molar-refractivity contribution is -0.890. The predicted molar refractivity (Wildman–Crippen MR) is 104 cm³/mol. The predicted octanol–water partition coefficient (Wildman–Crippen LogP) is 1.69. The number of rotatable bonds is 8. The van der Waals surface area contributed by atoms with E-state index in [0.29, 0.717) is 13.0 Å². The second-order valence-electron chi connectivity index (χ2n) is 6.91. The molecule has 0 aliphatic carbocycles. The number of hydrogen-bond donors (Lipinski definition) is 2. The average Bonchev–Trinajstić information content (AvgIpc) is 2.61. The maximum Gasteiger partial charge on any atom is 0.220 e. The Bertz CT molecular complexity index is 651. The van der Waals surface area contributed by atoms with Crippen molar-refractivity contribution in [3.63, 3.8) is 0 Å². The Hall–Kier alpha value is -2.33. The molecule has 2 aromatic carbocycles. The fraction of sp³-hybridized carbons (Fsp3) is 0.381. The van der Waals surface area contributed by atoms with Crippen LogP contribution in [-0.2, 0) is 11.2 Å². The zero-order valence-corrected chi connectivity index (χ0v) is 15.8. The minimum atomic E-state index is 0.111. The molecule has 4 nitrogen and oxygen atoms in total. The Morgan fingerprint density at radius 3 is 2.24 bits per heavy atom. The van der Waals surface area contributed by atoms with Gasteiger partial charge in [0.05, 0.1) is 20.6 Å². The van der Waals surface area contributed by atoms with Gasteiger partial charge in [0.15, 0.2) is 0 Å². The first-order valence-electron chi connectivity index (χ1n) is 8.85. The highest BCUT2D eigenvalue weighted by Gasteiger charge is 2.18. The Morgan fingerprint density at radius 1 is 1.04 bits per heavy atom. The van der Waals surface area contributed by atoms with E-state index >= 15 is 0 Å². The minimum absolute atomic E-state index is 0.111. The Balaban J connectivity index is 1.89. The van der Waals surface area contributed by atoms with Crippen molar-refractivity contribution in [2.75, 3.05) is 39.6 Å². The number of quaternary nitrogens is 1. The zero-order chi connectivity index (χ0) is 18.2. The van der Waals surface area contributed by atoms with E-state index in [0.717, 1.165) is 6.42 Å². The molecule has 0 saturated carbocycles. The van der Waals surface area contributed by atoms with Crippen molar-refractivity contribution >= 4 is 11.6 Å². The van der Waals surface area contributed by atoms with Gasteiger partial charge in [-0.05, 0) is 24.1 Å². The molecular formula is C21H30N3O+. The van der Waals surface area contributed by atoms with Gasteiger partial charge in [-0.3, -0.25) is 4.79 Å². The van der Waals surface area contributed by atoms with Crippen LogP contribution in [0, 0.1) is 0 Å². The van der Waals surface area contributed by atoms with Crippen LogP contribution < -0.4 is 15.1 Å². The Kier molecular flexibility index (Phi) is 7.02. The number of anilines is 1. The summed E-state index contributed by atoms with van der Waals surface area (Å²) in [5, 5.41) is 3.10. The van der Waals surface area contributed by atoms with Crippen LogP contribution in [0.2, 0.25) is 0 Å². The van der Waals surface area contributed by atoms with Crippen molar-refractivity contribution < 1.29 is 9.69 Å². The highest BCUT2D eigenvalue weighted by Crippen LogP contribution is 2.16. The van der Waals surface area contributed by atoms with Crippen LogP contribution in [0.25, 0.3) is 0 Å². The number of likely N-dealkylation sites (N-methyl/N-ethyl adjacent to an activating group) is 1. The van der Waals surface area contributed by atoms with Crippen LogP contribution in [0.4, 0.5) is 5.69 Å². The number of aryl methyl sites for hydroxylation is 1. The van der Waals surface area contributed by atoms with Crippen LogP contribution in [-0.4, -0.2) is 40.6 Å². The molecule has 0 aliphatic heterocycles. The summed E-state index contributed by atoms with van der Waals surface area (Å²) < 4.78 is 0. The van der Waals surface area contributed by atoms with E-state index in [1.54, 1.807) is 0 Å². The molecule has 0 unspecified atom stereocenters. The smallest absolute Gasteiger partial charge is 0.220 e. The largest absolute Gasteiger partial charge is 0.378 e. The van der Waals surface area contributed by atoms with Crippen LogP contribution in [0.15, 0.2) is 54.6 Å². The van der Waals surface area contributed by atoms with Crippen molar-refractivity contribution in [3.05, 3.63) is 65.7 Å². The van der Waals surface area contributed by atoms with E-state index in [2.05, 4.69) is 60.7 Å². The average molecular weight is 340 g/mol. The molecule has 0 spiro atoms. The monoisotopic (exact) mass is 340 g/mol. The minimum Gasteiger partial charge on any atom is -0.378 e. The number of amides is 1. The fourth-order valence-electron chi connectivity index (χ4n) is 2.87. The van der Waals surface area contributed by atoms with Crippen molar-refractivity contribution in [3.8, 4) is 0 Å². The molecule has 0 saturated heterocycles. The van der Waals surface area contributed by atoms with Crippen LogP contribution >= 0.6 is 0 Å². The molecule has 0 fully saturated rings. The first-order chi connectivity index (χ1) is 12.0. The number of nitrogens with one attached hydrogen (secondary N) is 2. The molecule has 0 bridgehead atoms. The van der Waals surface area contributed by atoms with Crippen molar-refractivity contribution in [1.82, 2.24) is 5.32 Å². The Labute approximate surface area is 151 Å². The van der Waals surface area contributed by atoms with Gasteiger partial charge in [0.25, 0.3) is 0 Å². The lowest BCUT2D eigenvalue weighted by Crippen LogP contribution is -3.07. The molecule has 2 rings (SSSR count). The lowest BCUT2D eigenvalue weighted by Gasteiger charge is -2.23. The summed E-state index contributed by atoms with van der Waals surface area (Å²) in [5.41, 5.74) is 3.63. The van der Waals surface area contributed by atoms with Gasteiger partial charge in [0, 0.05) is 31.8 Å². The number of carbonyl (C=O) groups is 1. The maximum atomic E-state index is 12.2. The standard InChI is InChI=1S/C21H29N3O/c1-23(2)19-13-11-18(12-14-19)20(24(3)4)16-22-21(25)15-10-17-8-6-5-7-9-17/h5-9,11-14,20H,10,15-16H2,1-4H3,(H,22,25)/p+1/t20-/m0/s1. The summed E-state index contributed by atoms with van der Waals surface area (Å²) in [6.07, 6.45) is 1.31. The van der Waals surface area contributed by atoms with Gasteiger partial charge in [0.1, 0.15) is 6.04 Å². The molecule has 4 heteroatoms. The van der Waals surface area contributed by atoms with Gasteiger partial charge < -0.3 is 15.1 Å². The maximum absolute atomic E-state index is 12.2. The summed E-state index contributed by atoms with van der Waals surface area (Å²) in [6.45, 7) is 0.650. The topological polar surface area (TPSA) is 36.8 Å². The molecule has 134 valence electrons. The SMILES string of the molecule is CN(C)c1ccc([C@H](CNC(=O)CCc2ccccc2)[NH+](C)C)cc1. The van der Waals surface area contributed by atoms with E-state index in [1.807, 2.05) is 32.3 Å². The fourth-order valence-corrected chi connectivity index (χ4v) is 2.87. The second-order valence-corrected chi connectivity index (χ2v) is 6.91. The number of carbonyl (C=O) groups excluding carboxylic acids is 1. The van der Waals surface area contributed by atoms with E-state index < -0.39 is 0 Å². The van der Waals surface area contributed by atoms with Crippen molar-refractivity contribution in [2.45, 2.75) is 18.9 Å². The van der Waals surface area contributed by atoms with Gasteiger partial charge in [-0.1, -0.05) is 42.5 Å². The molecule has 0 radical (unpaired) electrons. The van der Waals surface area contributed by atoms with E-state index in [4.69, 9.17) is 0 Å². The van der Waals surface area contributed by atoms with E-state index in [1.165, 1.54) is 21.7 Å². The number of hydrogen-bond acceptors (Lipinski definition) is 2. The molecule has 0 heterocycles. The summed E-state index contributed by atoms with van der Waals surface area (Å²) >= 11 is 0. The first-order valence-corrected chi connectivity index (χ1v) is 8.85. The number of benzene rings is 2. The van der Waals surface area contributed by atoms with Gasteiger partial charge in [-0.25, -0.2) is 0 Å². The van der Waals surface area contributed by atoms with Gasteiger partial charge in [0.2, 0.25) is 5.91 Å². The van der Waals surface area contributed by atoms with E-state index in [-0.39, 0.29) is 11.9 Å². The third kappa shape index (κ3) is 5.91. The van der Waals surface area contributed by atoms with Crippen molar-refractivity contribution in [2.24, 2.45) is 0 Å². The highest BCUT2D eigenvalue weighted by atomic mass is 16.1. The third-order valence-corrected chi connectivity index (χ3v) is 4.50. The quantitative estimate of drug-likeness (QED) is 0.767. The highest BCUT2D eigenvalue weighted by molar-refractivity contribution is 5.76. The molecule has 2 aromatic rings. The van der Waals surface area contributed by atoms with Gasteiger partial charge in [-0.15, -0.1) is 0 Å². The molecule has 0 aromatic heterocycles. The normalized spacial score (nSPS) is 12.0. The first kappa shape index (κ1) is 19.0. The lowest BCUT2D eigenvalue weighted by atomic mass is 10.0. The third-order valence-electron chi connectivity index (χ3n) is 4.50. The van der Waals surface area contributed by atoms with Crippen LogP contribution in [0.3, 0.4) is 0 Å². The molecule has 1 amide bonds. The van der Waals surface area contributed by atoms with E-state index in [9.17, 15) is 4.79 Å². The molecule has 0 aliphatic rings. The molecular weight excluding hydrogens is 310 g/mol. The van der Waals surface area contributed by atoms with Crippen LogP contribution in [0.1, 0.15) is 23.6 Å². The summed E-state index contributed by atoms with van der Waals surface area (Å²) in [4.78, 5) is 15.6.